The molecule has 2 heterocycles. The van der Waals surface area contributed by atoms with Gasteiger partial charge in [-0.15, -0.1) is 0 Å². The number of carbonyl (C=O) groups is 1. The molecule has 4 aromatic rings. The first-order valence-corrected chi connectivity index (χ1v) is 7.64. The van der Waals surface area contributed by atoms with Gasteiger partial charge in [-0.3, -0.25) is 4.79 Å². The van der Waals surface area contributed by atoms with Crippen molar-refractivity contribution in [2.45, 2.75) is 0 Å². The van der Waals surface area contributed by atoms with Crippen LogP contribution in [-0.2, 0) is 0 Å². The molecule has 2 aromatic carbocycles. The van der Waals surface area contributed by atoms with E-state index in [0.29, 0.717) is 11.1 Å². The number of fused-ring (bicyclic) bond motifs is 3. The van der Waals surface area contributed by atoms with Gasteiger partial charge in [-0.05, 0) is 24.3 Å². The lowest BCUT2D eigenvalue weighted by molar-refractivity contribution is 0.102. The van der Waals surface area contributed by atoms with Gasteiger partial charge in [0.25, 0.3) is 5.91 Å². The maximum Gasteiger partial charge on any atom is 0.353 e. The Morgan fingerprint density at radius 2 is 1.58 bits per heavy atom. The van der Waals surface area contributed by atoms with E-state index in [4.69, 9.17) is 8.83 Å². The van der Waals surface area contributed by atoms with E-state index >= 15 is 0 Å². The average Bonchev–Trinajstić information content (AvgIpc) is 2.62. The molecule has 0 fully saturated rings. The molecule has 0 atom stereocenters. The molecular formula is C19H11NO6. The van der Waals surface area contributed by atoms with Crippen LogP contribution in [-0.4, -0.2) is 11.0 Å². The Balaban J connectivity index is 1.96. The number of carbonyl (C=O) groups excluding carboxylic acids is 1. The molecule has 0 aliphatic carbocycles. The lowest BCUT2D eigenvalue weighted by Crippen LogP contribution is -2.22. The molecule has 0 unspecified atom stereocenters. The summed E-state index contributed by atoms with van der Waals surface area (Å²) in [5, 5.41) is 12.9. The fourth-order valence-corrected chi connectivity index (χ4v) is 2.71. The molecule has 0 bridgehead atoms. The highest BCUT2D eigenvalue weighted by Gasteiger charge is 2.25. The zero-order chi connectivity index (χ0) is 18.3. The van der Waals surface area contributed by atoms with Gasteiger partial charge in [-0.1, -0.05) is 30.3 Å². The largest absolute Gasteiger partial charge is 0.506 e. The number of para-hydroxylation sites is 2. The van der Waals surface area contributed by atoms with Crippen molar-refractivity contribution in [3.63, 3.8) is 0 Å². The summed E-state index contributed by atoms with van der Waals surface area (Å²) in [4.78, 5) is 37.0. The quantitative estimate of drug-likeness (QED) is 0.425. The van der Waals surface area contributed by atoms with Gasteiger partial charge in [0.1, 0.15) is 11.0 Å². The summed E-state index contributed by atoms with van der Waals surface area (Å²) in [6.45, 7) is 0. The maximum absolute atomic E-state index is 12.4. The van der Waals surface area contributed by atoms with Crippen LogP contribution in [0.1, 0.15) is 10.4 Å². The molecule has 1 amide bonds. The summed E-state index contributed by atoms with van der Waals surface area (Å²) in [6, 6.07) is 14.8. The van der Waals surface area contributed by atoms with Crippen LogP contribution in [0.15, 0.2) is 73.0 Å². The summed E-state index contributed by atoms with van der Waals surface area (Å²) in [5.41, 5.74) is -2.14. The van der Waals surface area contributed by atoms with Crippen molar-refractivity contribution in [1.82, 2.24) is 0 Å². The summed E-state index contributed by atoms with van der Waals surface area (Å²) in [5.74, 6) is -1.67. The smallest absolute Gasteiger partial charge is 0.353 e. The van der Waals surface area contributed by atoms with E-state index in [1.165, 1.54) is 6.07 Å². The summed E-state index contributed by atoms with van der Waals surface area (Å²) < 4.78 is 10.3. The first kappa shape index (κ1) is 15.6. The topological polar surface area (TPSA) is 110 Å². The van der Waals surface area contributed by atoms with E-state index < -0.39 is 28.5 Å². The molecule has 0 spiro atoms. The summed E-state index contributed by atoms with van der Waals surface area (Å²) in [6.07, 6.45) is 0. The van der Waals surface area contributed by atoms with Crippen LogP contribution in [0.25, 0.3) is 21.9 Å². The Bertz CT molecular complexity index is 1270. The second kappa shape index (κ2) is 5.89. The number of hydrogen-bond acceptors (Lipinski definition) is 6. The van der Waals surface area contributed by atoms with E-state index in [1.54, 1.807) is 48.5 Å². The number of anilines is 1. The molecular weight excluding hydrogens is 338 g/mol. The van der Waals surface area contributed by atoms with Crippen LogP contribution in [0, 0.1) is 0 Å². The Labute approximate surface area is 145 Å². The van der Waals surface area contributed by atoms with Gasteiger partial charge in [0.2, 0.25) is 0 Å². The predicted octanol–water partition coefficient (Wildman–Crippen LogP) is 2.86. The van der Waals surface area contributed by atoms with Crippen LogP contribution in [0.2, 0.25) is 0 Å². The molecule has 0 aliphatic heterocycles. The van der Waals surface area contributed by atoms with Crippen molar-refractivity contribution in [2.75, 3.05) is 5.32 Å². The third-order valence-corrected chi connectivity index (χ3v) is 3.90. The van der Waals surface area contributed by atoms with Crippen LogP contribution in [0.3, 0.4) is 0 Å². The van der Waals surface area contributed by atoms with Crippen molar-refractivity contribution >= 4 is 33.5 Å². The van der Waals surface area contributed by atoms with E-state index in [1.807, 2.05) is 0 Å². The summed E-state index contributed by atoms with van der Waals surface area (Å²) >= 11 is 0. The van der Waals surface area contributed by atoms with Crippen molar-refractivity contribution in [2.24, 2.45) is 0 Å². The highest BCUT2D eigenvalue weighted by atomic mass is 16.4. The molecule has 7 heteroatoms. The molecule has 128 valence electrons. The number of benzene rings is 2. The van der Waals surface area contributed by atoms with Crippen LogP contribution >= 0.6 is 0 Å². The normalized spacial score (nSPS) is 10.9. The highest BCUT2D eigenvalue weighted by molar-refractivity contribution is 6.11. The average molecular weight is 349 g/mol. The standard InChI is InChI=1S/C19H11NO6/c21-15-13-16(11-8-4-5-9-12(11)25-18(13)23)26-19(24)14(15)17(22)20-10-6-2-1-3-7-10/h1-9,21H,(H,20,22). The van der Waals surface area contributed by atoms with Gasteiger partial charge >= 0.3 is 11.3 Å². The molecule has 4 rings (SSSR count). The van der Waals surface area contributed by atoms with E-state index in [9.17, 15) is 19.5 Å². The molecule has 0 saturated carbocycles. The molecule has 2 N–H and O–H groups in total. The fraction of sp³-hybridized carbons (Fsp3) is 0. The van der Waals surface area contributed by atoms with Crippen molar-refractivity contribution in [3.05, 3.63) is 81.0 Å². The molecule has 0 radical (unpaired) electrons. The maximum atomic E-state index is 12.4. The third-order valence-electron chi connectivity index (χ3n) is 3.90. The molecule has 26 heavy (non-hydrogen) atoms. The monoisotopic (exact) mass is 349 g/mol. The van der Waals surface area contributed by atoms with Gasteiger partial charge in [-0.2, -0.15) is 0 Å². The zero-order valence-corrected chi connectivity index (χ0v) is 13.2. The van der Waals surface area contributed by atoms with E-state index in [-0.39, 0.29) is 16.6 Å². The number of nitrogens with one attached hydrogen (secondary N) is 1. The Morgan fingerprint density at radius 1 is 0.885 bits per heavy atom. The van der Waals surface area contributed by atoms with Gasteiger partial charge < -0.3 is 19.3 Å². The minimum atomic E-state index is -1.06. The van der Waals surface area contributed by atoms with Crippen molar-refractivity contribution in [3.8, 4) is 5.75 Å². The molecule has 0 saturated heterocycles. The molecule has 2 aromatic heterocycles. The molecule has 7 nitrogen and oxygen atoms in total. The van der Waals surface area contributed by atoms with Gasteiger partial charge in [0.05, 0.1) is 5.39 Å². The second-order valence-electron chi connectivity index (χ2n) is 5.52. The third kappa shape index (κ3) is 2.42. The zero-order valence-electron chi connectivity index (χ0n) is 13.2. The predicted molar refractivity (Wildman–Crippen MR) is 94.6 cm³/mol. The number of rotatable bonds is 2. The highest BCUT2D eigenvalue weighted by Crippen LogP contribution is 2.29. The van der Waals surface area contributed by atoms with Gasteiger partial charge in [-0.25, -0.2) is 9.59 Å². The van der Waals surface area contributed by atoms with Crippen molar-refractivity contribution in [1.29, 1.82) is 0 Å². The Hall–Kier alpha value is -3.87. The van der Waals surface area contributed by atoms with Crippen LogP contribution < -0.4 is 16.6 Å². The Morgan fingerprint density at radius 3 is 2.35 bits per heavy atom. The Kier molecular flexibility index (Phi) is 3.54. The van der Waals surface area contributed by atoms with E-state index in [2.05, 4.69) is 5.32 Å². The number of amides is 1. The lowest BCUT2D eigenvalue weighted by Gasteiger charge is -2.08. The second-order valence-corrected chi connectivity index (χ2v) is 5.52. The minimum Gasteiger partial charge on any atom is -0.506 e. The number of aromatic hydroxyl groups is 1. The van der Waals surface area contributed by atoms with E-state index in [0.717, 1.165) is 0 Å². The van der Waals surface area contributed by atoms with Gasteiger partial charge in [0, 0.05) is 5.69 Å². The first-order chi connectivity index (χ1) is 12.6. The number of hydrogen-bond donors (Lipinski definition) is 2. The first-order valence-electron chi connectivity index (χ1n) is 7.64. The molecule has 0 aliphatic rings. The fourth-order valence-electron chi connectivity index (χ4n) is 2.71. The minimum absolute atomic E-state index is 0.129. The summed E-state index contributed by atoms with van der Waals surface area (Å²) in [7, 11) is 0. The van der Waals surface area contributed by atoms with Crippen LogP contribution in [0.4, 0.5) is 5.69 Å². The SMILES string of the molecule is O=C(Nc1ccccc1)c1c(O)c2c(=O)oc3ccccc3c2oc1=O. The van der Waals surface area contributed by atoms with Gasteiger partial charge in [0.15, 0.2) is 16.9 Å². The van der Waals surface area contributed by atoms with Crippen LogP contribution in [0.5, 0.6) is 5.75 Å². The lowest BCUT2D eigenvalue weighted by atomic mass is 10.1. The van der Waals surface area contributed by atoms with Crippen molar-refractivity contribution < 1.29 is 18.7 Å².